The fraction of sp³-hybridized carbons (Fsp3) is 0.522. The topological polar surface area (TPSA) is 62.3 Å². The number of nitrogens with one attached hydrogen (secondary N) is 1. The van der Waals surface area contributed by atoms with Gasteiger partial charge in [0.15, 0.2) is 0 Å². The molecular formula is C23H31N3O2S. The van der Waals surface area contributed by atoms with Crippen LogP contribution in [0.15, 0.2) is 23.7 Å². The zero-order chi connectivity index (χ0) is 21.2. The van der Waals surface area contributed by atoms with Crippen molar-refractivity contribution in [3.8, 4) is 10.4 Å². The number of thiazole rings is 1. The Bertz CT molecular complexity index is 898. The molecule has 1 fully saturated rings. The lowest BCUT2D eigenvalue weighted by molar-refractivity contribution is -0.139. The number of amides is 2. The zero-order valence-corrected chi connectivity index (χ0v) is 18.9. The van der Waals surface area contributed by atoms with Crippen LogP contribution in [-0.2, 0) is 16.1 Å². The van der Waals surface area contributed by atoms with Gasteiger partial charge < -0.3 is 10.2 Å². The van der Waals surface area contributed by atoms with Crippen molar-refractivity contribution >= 4 is 23.2 Å². The third kappa shape index (κ3) is 5.24. The minimum atomic E-state index is -0.343. The molecule has 2 heterocycles. The van der Waals surface area contributed by atoms with Crippen LogP contribution in [0.3, 0.4) is 0 Å². The van der Waals surface area contributed by atoms with E-state index < -0.39 is 0 Å². The molecule has 0 bridgehead atoms. The van der Waals surface area contributed by atoms with E-state index in [2.05, 4.69) is 56.2 Å². The molecule has 0 spiro atoms. The monoisotopic (exact) mass is 413 g/mol. The first-order valence-corrected chi connectivity index (χ1v) is 11.1. The minimum Gasteiger partial charge on any atom is -0.350 e. The van der Waals surface area contributed by atoms with Gasteiger partial charge in [0.25, 0.3) is 0 Å². The Morgan fingerprint density at radius 1 is 1.28 bits per heavy atom. The van der Waals surface area contributed by atoms with Gasteiger partial charge in [0, 0.05) is 19.5 Å². The van der Waals surface area contributed by atoms with E-state index in [1.165, 1.54) is 4.88 Å². The number of carbonyl (C=O) groups is 2. The Balaban J connectivity index is 1.63. The molecule has 1 aliphatic rings. The molecule has 1 N–H and O–H groups in total. The van der Waals surface area contributed by atoms with E-state index in [4.69, 9.17) is 0 Å². The van der Waals surface area contributed by atoms with Crippen LogP contribution in [0, 0.1) is 19.3 Å². The Kier molecular flexibility index (Phi) is 6.42. The fourth-order valence-electron chi connectivity index (χ4n) is 3.81. The SMILES string of the molecule is Cc1cc(-c2scnc2C)ccc1CNC(=O)C1CCCN1C(=O)CC(C)(C)C. The lowest BCUT2D eigenvalue weighted by Crippen LogP contribution is -2.46. The van der Waals surface area contributed by atoms with E-state index in [-0.39, 0.29) is 23.3 Å². The highest BCUT2D eigenvalue weighted by atomic mass is 32.1. The lowest BCUT2D eigenvalue weighted by atomic mass is 9.91. The second-order valence-electron chi connectivity index (χ2n) is 9.11. The highest BCUT2D eigenvalue weighted by Gasteiger charge is 2.35. The van der Waals surface area contributed by atoms with Crippen molar-refractivity contribution in [2.24, 2.45) is 5.41 Å². The van der Waals surface area contributed by atoms with Crippen LogP contribution in [0.1, 0.15) is 56.9 Å². The number of likely N-dealkylation sites (tertiary alicyclic amines) is 1. The van der Waals surface area contributed by atoms with Gasteiger partial charge in [-0.25, -0.2) is 4.98 Å². The van der Waals surface area contributed by atoms with E-state index in [1.54, 1.807) is 16.2 Å². The summed E-state index contributed by atoms with van der Waals surface area (Å²) in [5.41, 5.74) is 6.22. The molecule has 1 aromatic heterocycles. The van der Waals surface area contributed by atoms with Crippen molar-refractivity contribution < 1.29 is 9.59 Å². The van der Waals surface area contributed by atoms with E-state index in [0.29, 0.717) is 19.5 Å². The summed E-state index contributed by atoms with van der Waals surface area (Å²) in [5, 5.41) is 3.05. The highest BCUT2D eigenvalue weighted by Crippen LogP contribution is 2.29. The second-order valence-corrected chi connectivity index (χ2v) is 9.96. The summed E-state index contributed by atoms with van der Waals surface area (Å²) < 4.78 is 0. The second kappa shape index (κ2) is 8.66. The van der Waals surface area contributed by atoms with Gasteiger partial charge in [0.2, 0.25) is 11.8 Å². The molecule has 1 atom stereocenters. The lowest BCUT2D eigenvalue weighted by Gasteiger charge is -2.27. The summed E-state index contributed by atoms with van der Waals surface area (Å²) in [7, 11) is 0. The third-order valence-corrected chi connectivity index (χ3v) is 6.34. The first kappa shape index (κ1) is 21.5. The molecule has 3 rings (SSSR count). The largest absolute Gasteiger partial charge is 0.350 e. The minimum absolute atomic E-state index is 0.0495. The highest BCUT2D eigenvalue weighted by molar-refractivity contribution is 7.13. The molecule has 0 radical (unpaired) electrons. The summed E-state index contributed by atoms with van der Waals surface area (Å²) in [5.74, 6) is 0.0298. The standard InChI is InChI=1S/C23H31N3O2S/c1-15-11-17(21-16(2)25-14-29-21)8-9-18(15)13-24-22(28)19-7-6-10-26(19)20(27)12-23(3,4)5/h8-9,11,14,19H,6-7,10,12-13H2,1-5H3,(H,24,28). The molecule has 6 heteroatoms. The van der Waals surface area contributed by atoms with Crippen molar-refractivity contribution in [2.45, 2.75) is 66.5 Å². The molecule has 156 valence electrons. The Morgan fingerprint density at radius 3 is 2.66 bits per heavy atom. The predicted molar refractivity (Wildman–Crippen MR) is 118 cm³/mol. The number of aryl methyl sites for hydroxylation is 2. The van der Waals surface area contributed by atoms with Gasteiger partial charge in [-0.15, -0.1) is 11.3 Å². The summed E-state index contributed by atoms with van der Waals surface area (Å²) in [4.78, 5) is 32.7. The molecule has 1 saturated heterocycles. The van der Waals surface area contributed by atoms with Crippen LogP contribution in [0.5, 0.6) is 0 Å². The van der Waals surface area contributed by atoms with E-state index >= 15 is 0 Å². The Labute approximate surface area is 177 Å². The molecular weight excluding hydrogens is 382 g/mol. The molecule has 2 amide bonds. The average molecular weight is 414 g/mol. The quantitative estimate of drug-likeness (QED) is 0.787. The van der Waals surface area contributed by atoms with E-state index in [9.17, 15) is 9.59 Å². The van der Waals surface area contributed by atoms with Gasteiger partial charge in [-0.1, -0.05) is 39.0 Å². The van der Waals surface area contributed by atoms with Crippen molar-refractivity contribution in [3.05, 3.63) is 40.5 Å². The summed E-state index contributed by atoms with van der Waals surface area (Å²) in [6.45, 7) is 11.4. The average Bonchev–Trinajstić information content (AvgIpc) is 3.28. The van der Waals surface area contributed by atoms with E-state index in [0.717, 1.165) is 35.2 Å². The van der Waals surface area contributed by atoms with Crippen molar-refractivity contribution in [1.29, 1.82) is 0 Å². The summed E-state index contributed by atoms with van der Waals surface area (Å²) >= 11 is 1.64. The van der Waals surface area contributed by atoms with Crippen LogP contribution in [0.4, 0.5) is 0 Å². The van der Waals surface area contributed by atoms with E-state index in [1.807, 2.05) is 12.4 Å². The molecule has 5 nitrogen and oxygen atoms in total. The van der Waals surface area contributed by atoms with Crippen molar-refractivity contribution in [1.82, 2.24) is 15.2 Å². The zero-order valence-electron chi connectivity index (χ0n) is 18.0. The number of nitrogens with zero attached hydrogens (tertiary/aromatic N) is 2. The molecule has 2 aromatic rings. The van der Waals surface area contributed by atoms with Gasteiger partial charge in [-0.05, 0) is 48.8 Å². The van der Waals surface area contributed by atoms with Crippen LogP contribution in [0.2, 0.25) is 0 Å². The number of aromatic nitrogens is 1. The van der Waals surface area contributed by atoms with Crippen molar-refractivity contribution in [2.75, 3.05) is 6.54 Å². The van der Waals surface area contributed by atoms with Gasteiger partial charge in [-0.2, -0.15) is 0 Å². The molecule has 0 aliphatic carbocycles. The molecule has 29 heavy (non-hydrogen) atoms. The van der Waals surface area contributed by atoms with Crippen LogP contribution in [-0.4, -0.2) is 34.3 Å². The number of hydrogen-bond donors (Lipinski definition) is 1. The first-order chi connectivity index (χ1) is 13.7. The maximum atomic E-state index is 12.8. The van der Waals surface area contributed by atoms with Crippen molar-refractivity contribution in [3.63, 3.8) is 0 Å². The summed E-state index contributed by atoms with van der Waals surface area (Å²) in [6, 6.07) is 5.96. The van der Waals surface area contributed by atoms with Gasteiger partial charge in [-0.3, -0.25) is 9.59 Å². The number of hydrogen-bond acceptors (Lipinski definition) is 4. The normalized spacial score (nSPS) is 16.9. The smallest absolute Gasteiger partial charge is 0.243 e. The number of carbonyl (C=O) groups excluding carboxylic acids is 2. The maximum absolute atomic E-state index is 12.8. The number of benzene rings is 1. The number of rotatable bonds is 5. The predicted octanol–water partition coefficient (Wildman–Crippen LogP) is 4.47. The van der Waals surface area contributed by atoms with Gasteiger partial charge in [0.05, 0.1) is 16.1 Å². The summed E-state index contributed by atoms with van der Waals surface area (Å²) in [6.07, 6.45) is 2.09. The molecule has 1 aromatic carbocycles. The molecule has 1 unspecified atom stereocenters. The van der Waals surface area contributed by atoms with Crippen LogP contribution < -0.4 is 5.32 Å². The molecule has 1 aliphatic heterocycles. The first-order valence-electron chi connectivity index (χ1n) is 10.2. The maximum Gasteiger partial charge on any atom is 0.243 e. The fourth-order valence-corrected chi connectivity index (χ4v) is 4.61. The van der Waals surface area contributed by atoms with Gasteiger partial charge in [0.1, 0.15) is 6.04 Å². The Morgan fingerprint density at radius 2 is 2.03 bits per heavy atom. The molecule has 0 saturated carbocycles. The Hall–Kier alpha value is -2.21. The van der Waals surface area contributed by atoms with Gasteiger partial charge >= 0.3 is 0 Å². The third-order valence-electron chi connectivity index (χ3n) is 5.36. The van der Waals surface area contributed by atoms with Crippen LogP contribution >= 0.6 is 11.3 Å². The van der Waals surface area contributed by atoms with Crippen LogP contribution in [0.25, 0.3) is 10.4 Å².